The maximum atomic E-state index is 4.66. The van der Waals surface area contributed by atoms with Gasteiger partial charge < -0.3 is 5.32 Å². The van der Waals surface area contributed by atoms with E-state index < -0.39 is 0 Å². The Morgan fingerprint density at radius 2 is 2.17 bits per heavy atom. The minimum Gasteiger partial charge on any atom is -0.311 e. The SMILES string of the molecule is Cc1csc(C(C)N2CC(C)NCC2C(C)C)n1. The van der Waals surface area contributed by atoms with Crippen LogP contribution in [0.4, 0.5) is 0 Å². The van der Waals surface area contributed by atoms with Crippen molar-refractivity contribution < 1.29 is 0 Å². The lowest BCUT2D eigenvalue weighted by atomic mass is 9.97. The monoisotopic (exact) mass is 267 g/mol. The molecule has 1 aromatic rings. The summed E-state index contributed by atoms with van der Waals surface area (Å²) in [4.78, 5) is 7.29. The molecule has 3 nitrogen and oxygen atoms in total. The van der Waals surface area contributed by atoms with E-state index in [1.807, 2.05) is 0 Å². The third-order valence-corrected chi connectivity index (χ3v) is 4.98. The molecular formula is C14H25N3S. The summed E-state index contributed by atoms with van der Waals surface area (Å²) in [5.41, 5.74) is 1.14. The summed E-state index contributed by atoms with van der Waals surface area (Å²) in [5, 5.41) is 7.01. The molecule has 1 N–H and O–H groups in total. The molecule has 3 atom stereocenters. The van der Waals surface area contributed by atoms with Crippen molar-refractivity contribution in [3.63, 3.8) is 0 Å². The van der Waals surface area contributed by atoms with Crippen molar-refractivity contribution >= 4 is 11.3 Å². The maximum absolute atomic E-state index is 4.66. The first-order valence-corrected chi connectivity index (χ1v) is 7.78. The first-order chi connectivity index (χ1) is 8.49. The Balaban J connectivity index is 2.16. The van der Waals surface area contributed by atoms with E-state index in [0.29, 0.717) is 24.0 Å². The average molecular weight is 267 g/mol. The Bertz CT molecular complexity index is 388. The number of thiazole rings is 1. The van der Waals surface area contributed by atoms with Crippen molar-refractivity contribution in [1.29, 1.82) is 0 Å². The number of nitrogens with one attached hydrogen (secondary N) is 1. The van der Waals surface area contributed by atoms with Gasteiger partial charge in [-0.15, -0.1) is 11.3 Å². The van der Waals surface area contributed by atoms with Gasteiger partial charge in [0.2, 0.25) is 0 Å². The summed E-state index contributed by atoms with van der Waals surface area (Å²) in [5.74, 6) is 0.675. The second-order valence-electron chi connectivity index (χ2n) is 5.82. The third-order valence-electron chi connectivity index (χ3n) is 3.85. The second kappa shape index (κ2) is 5.68. The van der Waals surface area contributed by atoms with Gasteiger partial charge in [-0.05, 0) is 26.7 Å². The minimum atomic E-state index is 0.431. The molecule has 1 aliphatic heterocycles. The highest BCUT2D eigenvalue weighted by Crippen LogP contribution is 2.29. The van der Waals surface area contributed by atoms with Crippen LogP contribution in [0, 0.1) is 12.8 Å². The third kappa shape index (κ3) is 2.92. The van der Waals surface area contributed by atoms with Crippen LogP contribution in [0.15, 0.2) is 5.38 Å². The fourth-order valence-corrected chi connectivity index (χ4v) is 3.60. The van der Waals surface area contributed by atoms with Gasteiger partial charge in [-0.2, -0.15) is 0 Å². The Hall–Kier alpha value is -0.450. The van der Waals surface area contributed by atoms with Gasteiger partial charge in [-0.25, -0.2) is 4.98 Å². The molecule has 0 amide bonds. The Morgan fingerprint density at radius 3 is 2.72 bits per heavy atom. The van der Waals surface area contributed by atoms with Gasteiger partial charge >= 0.3 is 0 Å². The molecule has 3 unspecified atom stereocenters. The molecule has 0 bridgehead atoms. The van der Waals surface area contributed by atoms with Crippen molar-refractivity contribution in [3.05, 3.63) is 16.1 Å². The van der Waals surface area contributed by atoms with E-state index >= 15 is 0 Å². The molecule has 1 saturated heterocycles. The van der Waals surface area contributed by atoms with Crippen LogP contribution in [0.1, 0.15) is 44.4 Å². The predicted octanol–water partition coefficient (Wildman–Crippen LogP) is 2.83. The van der Waals surface area contributed by atoms with Crippen molar-refractivity contribution in [1.82, 2.24) is 15.2 Å². The van der Waals surface area contributed by atoms with Crippen LogP contribution in [0.2, 0.25) is 0 Å². The number of hydrogen-bond acceptors (Lipinski definition) is 4. The van der Waals surface area contributed by atoms with Crippen LogP contribution in [0.3, 0.4) is 0 Å². The predicted molar refractivity (Wildman–Crippen MR) is 78.1 cm³/mol. The first-order valence-electron chi connectivity index (χ1n) is 6.90. The standard InChI is InChI=1S/C14H25N3S/c1-9(2)13-6-15-10(3)7-17(13)12(5)14-16-11(4)8-18-14/h8-10,12-13,15H,6-7H2,1-5H3. The fourth-order valence-electron chi connectivity index (χ4n) is 2.73. The summed E-state index contributed by atoms with van der Waals surface area (Å²) in [7, 11) is 0. The van der Waals surface area contributed by atoms with Gasteiger partial charge in [0.1, 0.15) is 5.01 Å². The van der Waals surface area contributed by atoms with Gasteiger partial charge in [0.25, 0.3) is 0 Å². The molecule has 1 fully saturated rings. The van der Waals surface area contributed by atoms with Gasteiger partial charge in [-0.1, -0.05) is 13.8 Å². The van der Waals surface area contributed by atoms with E-state index in [0.717, 1.165) is 18.8 Å². The average Bonchev–Trinajstić information content (AvgIpc) is 2.74. The molecular weight excluding hydrogens is 242 g/mol. The quantitative estimate of drug-likeness (QED) is 0.913. The summed E-state index contributed by atoms with van der Waals surface area (Å²) >= 11 is 1.79. The molecule has 0 aromatic carbocycles. The lowest BCUT2D eigenvalue weighted by Gasteiger charge is -2.44. The number of nitrogens with zero attached hydrogens (tertiary/aromatic N) is 2. The lowest BCUT2D eigenvalue weighted by Crippen LogP contribution is -2.57. The summed E-state index contributed by atoms with van der Waals surface area (Å²) in [6.45, 7) is 13.5. The zero-order chi connectivity index (χ0) is 13.3. The van der Waals surface area contributed by atoms with E-state index in [2.05, 4.69) is 55.2 Å². The number of rotatable bonds is 3. The Kier molecular flexibility index (Phi) is 4.41. The van der Waals surface area contributed by atoms with Crippen LogP contribution in [0.25, 0.3) is 0 Å². The lowest BCUT2D eigenvalue weighted by molar-refractivity contribution is 0.0656. The highest BCUT2D eigenvalue weighted by atomic mass is 32.1. The van der Waals surface area contributed by atoms with E-state index in [1.165, 1.54) is 5.01 Å². The molecule has 1 aromatic heterocycles. The number of aryl methyl sites for hydroxylation is 1. The van der Waals surface area contributed by atoms with Crippen LogP contribution < -0.4 is 5.32 Å². The van der Waals surface area contributed by atoms with Crippen LogP contribution in [-0.2, 0) is 0 Å². The zero-order valence-corrected chi connectivity index (χ0v) is 12.9. The number of aromatic nitrogens is 1. The van der Waals surface area contributed by atoms with E-state index in [9.17, 15) is 0 Å². The maximum Gasteiger partial charge on any atom is 0.110 e. The molecule has 0 saturated carbocycles. The van der Waals surface area contributed by atoms with Crippen molar-refractivity contribution in [2.75, 3.05) is 13.1 Å². The summed E-state index contributed by atoms with van der Waals surface area (Å²) in [6, 6.07) is 1.62. The molecule has 0 aliphatic carbocycles. The van der Waals surface area contributed by atoms with Gasteiger partial charge in [0.15, 0.2) is 0 Å². The van der Waals surface area contributed by atoms with Crippen molar-refractivity contribution in [3.8, 4) is 0 Å². The molecule has 102 valence electrons. The van der Waals surface area contributed by atoms with Gasteiger partial charge in [0, 0.05) is 36.2 Å². The molecule has 2 heterocycles. The summed E-state index contributed by atoms with van der Waals surface area (Å²) in [6.07, 6.45) is 0. The van der Waals surface area contributed by atoms with E-state index in [4.69, 9.17) is 0 Å². The molecule has 4 heteroatoms. The Labute approximate surface area is 115 Å². The number of piperazine rings is 1. The highest BCUT2D eigenvalue weighted by Gasteiger charge is 2.32. The van der Waals surface area contributed by atoms with Crippen molar-refractivity contribution in [2.24, 2.45) is 5.92 Å². The van der Waals surface area contributed by atoms with Crippen molar-refractivity contribution in [2.45, 2.75) is 52.7 Å². The number of hydrogen-bond donors (Lipinski definition) is 1. The largest absolute Gasteiger partial charge is 0.311 e. The highest BCUT2D eigenvalue weighted by molar-refractivity contribution is 7.09. The molecule has 1 aliphatic rings. The van der Waals surface area contributed by atoms with Gasteiger partial charge in [-0.3, -0.25) is 4.90 Å². The topological polar surface area (TPSA) is 28.2 Å². The molecule has 0 spiro atoms. The Morgan fingerprint density at radius 1 is 1.44 bits per heavy atom. The van der Waals surface area contributed by atoms with Crippen LogP contribution >= 0.6 is 11.3 Å². The van der Waals surface area contributed by atoms with E-state index in [1.54, 1.807) is 11.3 Å². The minimum absolute atomic E-state index is 0.431. The molecule has 0 radical (unpaired) electrons. The summed E-state index contributed by atoms with van der Waals surface area (Å²) < 4.78 is 0. The zero-order valence-electron chi connectivity index (χ0n) is 12.1. The molecule has 18 heavy (non-hydrogen) atoms. The first kappa shape index (κ1) is 14.0. The normalized spacial score (nSPS) is 27.7. The smallest absolute Gasteiger partial charge is 0.110 e. The second-order valence-corrected chi connectivity index (χ2v) is 6.71. The van der Waals surface area contributed by atoms with Crippen LogP contribution in [0.5, 0.6) is 0 Å². The fraction of sp³-hybridized carbons (Fsp3) is 0.786. The van der Waals surface area contributed by atoms with Gasteiger partial charge in [0.05, 0.1) is 6.04 Å². The van der Waals surface area contributed by atoms with E-state index in [-0.39, 0.29) is 0 Å². The molecule has 2 rings (SSSR count). The van der Waals surface area contributed by atoms with Crippen LogP contribution in [-0.4, -0.2) is 35.1 Å².